The van der Waals surface area contributed by atoms with Gasteiger partial charge in [0.25, 0.3) is 11.8 Å². The Bertz CT molecular complexity index is 943. The van der Waals surface area contributed by atoms with Gasteiger partial charge in [0.15, 0.2) is 17.7 Å². The van der Waals surface area contributed by atoms with Gasteiger partial charge in [0, 0.05) is 5.69 Å². The number of anilines is 1. The lowest BCUT2D eigenvalue weighted by molar-refractivity contribution is -0.130. The summed E-state index contributed by atoms with van der Waals surface area (Å²) < 4.78 is 19.0. The number of carbonyl (C=O) groups excluding carboxylic acids is 3. The van der Waals surface area contributed by atoms with Crippen LogP contribution >= 0.6 is 0 Å². The molecule has 0 unspecified atom stereocenters. The average molecular weight is 399 g/mol. The third-order valence-corrected chi connectivity index (χ3v) is 4.52. The van der Waals surface area contributed by atoms with Crippen LogP contribution in [0.5, 0.6) is 5.75 Å². The van der Waals surface area contributed by atoms with Crippen molar-refractivity contribution in [3.05, 3.63) is 59.9 Å². The second-order valence-corrected chi connectivity index (χ2v) is 7.32. The topological polar surface area (TPSA) is 87.7 Å². The molecule has 0 saturated carbocycles. The van der Waals surface area contributed by atoms with Crippen molar-refractivity contribution in [1.29, 1.82) is 0 Å². The van der Waals surface area contributed by atoms with E-state index in [2.05, 4.69) is 10.6 Å². The highest BCUT2D eigenvalue weighted by molar-refractivity contribution is 6.06. The average Bonchev–Trinajstić information content (AvgIpc) is 2.86. The van der Waals surface area contributed by atoms with E-state index >= 15 is 0 Å². The van der Waals surface area contributed by atoms with Crippen LogP contribution in [0.1, 0.15) is 26.3 Å². The van der Waals surface area contributed by atoms with Crippen LogP contribution in [0.4, 0.5) is 14.9 Å². The molecular formula is C21H22FN3O4. The van der Waals surface area contributed by atoms with Crippen molar-refractivity contribution in [1.82, 2.24) is 10.2 Å². The van der Waals surface area contributed by atoms with E-state index < -0.39 is 29.4 Å². The normalized spacial score (nSPS) is 16.3. The Balaban J connectivity index is 1.59. The molecule has 1 saturated heterocycles. The summed E-state index contributed by atoms with van der Waals surface area (Å²) in [6, 6.07) is 12.2. The number of benzene rings is 2. The zero-order valence-corrected chi connectivity index (χ0v) is 16.4. The summed E-state index contributed by atoms with van der Waals surface area (Å²) in [7, 11) is 0. The number of amides is 4. The van der Waals surface area contributed by atoms with Crippen molar-refractivity contribution in [3.8, 4) is 5.75 Å². The van der Waals surface area contributed by atoms with Gasteiger partial charge < -0.3 is 15.4 Å². The van der Waals surface area contributed by atoms with Crippen molar-refractivity contribution >= 4 is 23.5 Å². The number of carbonyl (C=O) groups is 3. The smallest absolute Gasteiger partial charge is 0.325 e. The number of imide groups is 1. The molecule has 7 nitrogen and oxygen atoms in total. The van der Waals surface area contributed by atoms with Gasteiger partial charge in [-0.1, -0.05) is 24.3 Å². The van der Waals surface area contributed by atoms with E-state index in [0.717, 1.165) is 10.5 Å². The number of rotatable bonds is 6. The molecule has 1 heterocycles. The summed E-state index contributed by atoms with van der Waals surface area (Å²) >= 11 is 0. The van der Waals surface area contributed by atoms with Gasteiger partial charge in [-0.3, -0.25) is 14.5 Å². The Hall–Kier alpha value is -3.42. The molecule has 1 aliphatic heterocycles. The number of nitrogens with one attached hydrogen (secondary N) is 2. The zero-order chi connectivity index (χ0) is 21.2. The second kappa shape index (κ2) is 7.90. The summed E-state index contributed by atoms with van der Waals surface area (Å²) in [6.45, 7) is 4.96. The van der Waals surface area contributed by atoms with E-state index in [1.807, 2.05) is 0 Å². The number of hydrogen-bond donors (Lipinski definition) is 2. The van der Waals surface area contributed by atoms with Crippen LogP contribution in [0.25, 0.3) is 0 Å². The van der Waals surface area contributed by atoms with Gasteiger partial charge in [0.05, 0.1) is 6.54 Å². The standard InChI is InChI=1S/C21H22FN3O4/c1-13(29-17-7-5-4-6-16(17)22)18(26)23-15-10-8-14(9-11-15)12-25-19(27)21(2,3)24-20(25)28/h4-11,13H,12H2,1-3H3,(H,23,26)(H,24,28)/t13-/m0/s1. The molecule has 2 aromatic rings. The zero-order valence-electron chi connectivity index (χ0n) is 16.4. The first-order valence-corrected chi connectivity index (χ1v) is 9.12. The molecule has 1 aliphatic rings. The van der Waals surface area contributed by atoms with Crippen LogP contribution in [-0.2, 0) is 16.1 Å². The molecule has 1 atom stereocenters. The fourth-order valence-electron chi connectivity index (χ4n) is 2.87. The minimum atomic E-state index is -0.917. The lowest BCUT2D eigenvalue weighted by atomic mass is 10.1. The molecular weight excluding hydrogens is 377 g/mol. The van der Waals surface area contributed by atoms with Crippen molar-refractivity contribution in [2.45, 2.75) is 39.0 Å². The molecule has 2 N–H and O–H groups in total. The minimum absolute atomic E-state index is 0.00183. The molecule has 4 amide bonds. The van der Waals surface area contributed by atoms with Gasteiger partial charge in [0.1, 0.15) is 5.54 Å². The number of halogens is 1. The molecule has 0 aliphatic carbocycles. The Morgan fingerprint density at radius 2 is 1.83 bits per heavy atom. The summed E-state index contributed by atoms with van der Waals surface area (Å²) in [5.41, 5.74) is 0.333. The maximum Gasteiger partial charge on any atom is 0.325 e. The summed E-state index contributed by atoms with van der Waals surface area (Å²) in [4.78, 5) is 37.6. The highest BCUT2D eigenvalue weighted by Crippen LogP contribution is 2.21. The van der Waals surface area contributed by atoms with Crippen LogP contribution in [-0.4, -0.2) is 34.4 Å². The van der Waals surface area contributed by atoms with Crippen molar-refractivity contribution in [2.75, 3.05) is 5.32 Å². The van der Waals surface area contributed by atoms with Crippen LogP contribution in [0, 0.1) is 5.82 Å². The van der Waals surface area contributed by atoms with Gasteiger partial charge in [-0.15, -0.1) is 0 Å². The van der Waals surface area contributed by atoms with Crippen LogP contribution in [0.15, 0.2) is 48.5 Å². The van der Waals surface area contributed by atoms with E-state index in [9.17, 15) is 18.8 Å². The Morgan fingerprint density at radius 1 is 1.17 bits per heavy atom. The number of nitrogens with zero attached hydrogens (tertiary/aromatic N) is 1. The lowest BCUT2D eigenvalue weighted by Crippen LogP contribution is -2.40. The number of para-hydroxylation sites is 1. The molecule has 0 aromatic heterocycles. The minimum Gasteiger partial charge on any atom is -0.478 e. The second-order valence-electron chi connectivity index (χ2n) is 7.32. The Labute approximate surface area is 167 Å². The third-order valence-electron chi connectivity index (χ3n) is 4.52. The van der Waals surface area contributed by atoms with Crippen molar-refractivity contribution in [3.63, 3.8) is 0 Å². The molecule has 29 heavy (non-hydrogen) atoms. The Morgan fingerprint density at radius 3 is 2.41 bits per heavy atom. The molecule has 8 heteroatoms. The molecule has 0 radical (unpaired) electrons. The predicted molar refractivity (Wildman–Crippen MR) is 105 cm³/mol. The maximum atomic E-state index is 13.6. The monoisotopic (exact) mass is 399 g/mol. The van der Waals surface area contributed by atoms with E-state index in [-0.39, 0.29) is 18.2 Å². The number of hydrogen-bond acceptors (Lipinski definition) is 4. The fraction of sp³-hybridized carbons (Fsp3) is 0.286. The first-order valence-electron chi connectivity index (χ1n) is 9.12. The third kappa shape index (κ3) is 4.53. The van der Waals surface area contributed by atoms with Crippen molar-refractivity contribution in [2.24, 2.45) is 0 Å². The van der Waals surface area contributed by atoms with E-state index in [4.69, 9.17) is 4.74 Å². The first kappa shape index (κ1) is 20.3. The Kier molecular flexibility index (Phi) is 5.54. The molecule has 0 bridgehead atoms. The molecule has 0 spiro atoms. The van der Waals surface area contributed by atoms with Crippen LogP contribution in [0.3, 0.4) is 0 Å². The summed E-state index contributed by atoms with van der Waals surface area (Å²) in [5, 5.41) is 5.31. The summed E-state index contributed by atoms with van der Waals surface area (Å²) in [6.07, 6.45) is -0.903. The molecule has 152 valence electrons. The van der Waals surface area contributed by atoms with E-state index in [1.54, 1.807) is 44.2 Å². The first-order chi connectivity index (χ1) is 13.7. The maximum absolute atomic E-state index is 13.6. The van der Waals surface area contributed by atoms with Gasteiger partial charge >= 0.3 is 6.03 Å². The van der Waals surface area contributed by atoms with Crippen LogP contribution in [0.2, 0.25) is 0 Å². The van der Waals surface area contributed by atoms with Gasteiger partial charge in [-0.25, -0.2) is 9.18 Å². The fourth-order valence-corrected chi connectivity index (χ4v) is 2.87. The SMILES string of the molecule is C[C@H](Oc1ccccc1F)C(=O)Nc1ccc(CN2C(=O)NC(C)(C)C2=O)cc1. The molecule has 3 rings (SSSR count). The van der Waals surface area contributed by atoms with Crippen molar-refractivity contribution < 1.29 is 23.5 Å². The number of urea groups is 1. The predicted octanol–water partition coefficient (Wildman–Crippen LogP) is 3.06. The summed E-state index contributed by atoms with van der Waals surface area (Å²) in [5.74, 6) is -1.27. The van der Waals surface area contributed by atoms with Gasteiger partial charge in [0.2, 0.25) is 0 Å². The largest absolute Gasteiger partial charge is 0.478 e. The van der Waals surface area contributed by atoms with Gasteiger partial charge in [-0.05, 0) is 50.6 Å². The molecule has 2 aromatic carbocycles. The molecule has 1 fully saturated rings. The number of ether oxygens (including phenoxy) is 1. The van der Waals surface area contributed by atoms with E-state index in [0.29, 0.717) is 5.69 Å². The van der Waals surface area contributed by atoms with Gasteiger partial charge in [-0.2, -0.15) is 0 Å². The van der Waals surface area contributed by atoms with E-state index in [1.165, 1.54) is 25.1 Å². The lowest BCUT2D eigenvalue weighted by Gasteiger charge is -2.17. The highest BCUT2D eigenvalue weighted by atomic mass is 19.1. The van der Waals surface area contributed by atoms with Crippen LogP contribution < -0.4 is 15.4 Å². The highest BCUT2D eigenvalue weighted by Gasteiger charge is 2.44. The quantitative estimate of drug-likeness (QED) is 0.731.